The van der Waals surface area contributed by atoms with E-state index in [0.29, 0.717) is 12.2 Å². The molecule has 0 amide bonds. The number of anilines is 2. The van der Waals surface area contributed by atoms with Crippen molar-refractivity contribution in [2.24, 2.45) is 0 Å². The Morgan fingerprint density at radius 1 is 1.25 bits per heavy atom. The summed E-state index contributed by atoms with van der Waals surface area (Å²) < 4.78 is 45.2. The Balaban J connectivity index is 2.04. The number of aryl methyl sites for hydroxylation is 1. The lowest BCUT2D eigenvalue weighted by molar-refractivity contribution is 0.198. The van der Waals surface area contributed by atoms with Crippen molar-refractivity contribution in [2.75, 3.05) is 30.3 Å². The third-order valence-electron chi connectivity index (χ3n) is 3.28. The van der Waals surface area contributed by atoms with Gasteiger partial charge in [-0.05, 0) is 49.2 Å². The number of nitrogens with zero attached hydrogens (tertiary/aromatic N) is 1. The van der Waals surface area contributed by atoms with Gasteiger partial charge in [-0.2, -0.15) is 0 Å². The summed E-state index contributed by atoms with van der Waals surface area (Å²) in [6, 6.07) is 6.82. The first-order valence-electron chi connectivity index (χ1n) is 7.40. The number of benzene rings is 1. The van der Waals surface area contributed by atoms with Crippen LogP contribution in [-0.2, 0) is 14.8 Å². The smallest absolute Gasteiger partial charge is 0.263 e. The predicted octanol–water partition coefficient (Wildman–Crippen LogP) is 2.78. The summed E-state index contributed by atoms with van der Waals surface area (Å²) in [6.45, 7) is 2.93. The van der Waals surface area contributed by atoms with Gasteiger partial charge in [-0.25, -0.2) is 17.8 Å². The molecule has 0 aliphatic rings. The van der Waals surface area contributed by atoms with E-state index in [4.69, 9.17) is 4.74 Å². The number of rotatable bonds is 8. The van der Waals surface area contributed by atoms with E-state index in [9.17, 15) is 12.8 Å². The molecule has 0 unspecified atom stereocenters. The number of pyridine rings is 1. The SMILES string of the molecule is COCCCNc1ccc(NS(=O)(=O)c2ccc(F)cc2C)nc1. The van der Waals surface area contributed by atoms with Crippen molar-refractivity contribution in [3.63, 3.8) is 0 Å². The number of hydrogen-bond acceptors (Lipinski definition) is 5. The average Bonchev–Trinajstić information content (AvgIpc) is 2.52. The Labute approximate surface area is 141 Å². The van der Waals surface area contributed by atoms with Gasteiger partial charge >= 0.3 is 0 Å². The fraction of sp³-hybridized carbons (Fsp3) is 0.312. The highest BCUT2D eigenvalue weighted by molar-refractivity contribution is 7.92. The molecule has 24 heavy (non-hydrogen) atoms. The Morgan fingerprint density at radius 3 is 2.67 bits per heavy atom. The molecule has 0 spiro atoms. The molecule has 2 rings (SSSR count). The minimum absolute atomic E-state index is 0.0208. The highest BCUT2D eigenvalue weighted by atomic mass is 32.2. The highest BCUT2D eigenvalue weighted by Gasteiger charge is 2.17. The van der Waals surface area contributed by atoms with Gasteiger partial charge < -0.3 is 10.1 Å². The van der Waals surface area contributed by atoms with Gasteiger partial charge in [0.25, 0.3) is 10.0 Å². The van der Waals surface area contributed by atoms with E-state index in [1.54, 1.807) is 25.4 Å². The van der Waals surface area contributed by atoms with E-state index < -0.39 is 15.8 Å². The molecule has 0 fully saturated rings. The normalized spacial score (nSPS) is 11.3. The summed E-state index contributed by atoms with van der Waals surface area (Å²) in [6.07, 6.45) is 2.40. The zero-order valence-corrected chi connectivity index (χ0v) is 14.4. The summed E-state index contributed by atoms with van der Waals surface area (Å²) in [7, 11) is -2.17. The van der Waals surface area contributed by atoms with E-state index >= 15 is 0 Å². The first-order valence-corrected chi connectivity index (χ1v) is 8.88. The van der Waals surface area contributed by atoms with E-state index in [1.807, 2.05) is 0 Å². The van der Waals surface area contributed by atoms with Crippen LogP contribution < -0.4 is 10.0 Å². The van der Waals surface area contributed by atoms with Crippen LogP contribution in [0.15, 0.2) is 41.4 Å². The number of methoxy groups -OCH3 is 1. The van der Waals surface area contributed by atoms with Crippen molar-refractivity contribution in [2.45, 2.75) is 18.2 Å². The topological polar surface area (TPSA) is 80.3 Å². The van der Waals surface area contributed by atoms with Crippen LogP contribution in [0.2, 0.25) is 0 Å². The quantitative estimate of drug-likeness (QED) is 0.713. The van der Waals surface area contributed by atoms with Gasteiger partial charge in [0.2, 0.25) is 0 Å². The molecule has 0 bridgehead atoms. The minimum atomic E-state index is -3.81. The fourth-order valence-corrected chi connectivity index (χ4v) is 3.35. The monoisotopic (exact) mass is 353 g/mol. The maximum Gasteiger partial charge on any atom is 0.263 e. The van der Waals surface area contributed by atoms with Crippen LogP contribution in [0.25, 0.3) is 0 Å². The average molecular weight is 353 g/mol. The summed E-state index contributed by atoms with van der Waals surface area (Å²) in [4.78, 5) is 4.10. The predicted molar refractivity (Wildman–Crippen MR) is 91.2 cm³/mol. The number of aromatic nitrogens is 1. The first-order chi connectivity index (χ1) is 11.4. The molecule has 2 N–H and O–H groups in total. The van der Waals surface area contributed by atoms with Gasteiger partial charge in [0.05, 0.1) is 16.8 Å². The summed E-state index contributed by atoms with van der Waals surface area (Å²) in [5, 5.41) is 3.16. The first kappa shape index (κ1) is 18.2. The largest absolute Gasteiger partial charge is 0.385 e. The lowest BCUT2D eigenvalue weighted by atomic mass is 10.2. The van der Waals surface area contributed by atoms with Crippen LogP contribution in [0.4, 0.5) is 15.9 Å². The van der Waals surface area contributed by atoms with E-state index in [2.05, 4.69) is 15.0 Å². The summed E-state index contributed by atoms with van der Waals surface area (Å²) in [5.74, 6) is -0.283. The molecule has 0 aliphatic heterocycles. The van der Waals surface area contributed by atoms with Gasteiger partial charge in [-0.3, -0.25) is 4.72 Å². The molecule has 1 aromatic heterocycles. The zero-order valence-electron chi connectivity index (χ0n) is 13.5. The second kappa shape index (κ2) is 8.07. The molecular weight excluding hydrogens is 333 g/mol. The van der Waals surface area contributed by atoms with Crippen molar-refractivity contribution in [1.29, 1.82) is 0 Å². The molecule has 0 aliphatic carbocycles. The second-order valence-corrected chi connectivity index (χ2v) is 6.87. The summed E-state index contributed by atoms with van der Waals surface area (Å²) >= 11 is 0. The third-order valence-corrected chi connectivity index (χ3v) is 4.80. The number of halogens is 1. The molecular formula is C16H20FN3O3S. The number of hydrogen-bond donors (Lipinski definition) is 2. The standard InChI is InChI=1S/C16H20FN3O3S/c1-12-10-13(17)4-6-15(12)24(21,22)20-16-7-5-14(11-19-16)18-8-3-9-23-2/h4-7,10-11,18H,3,8-9H2,1-2H3,(H,19,20). The van der Waals surface area contributed by atoms with E-state index in [1.165, 1.54) is 19.1 Å². The molecule has 1 heterocycles. The molecule has 0 saturated carbocycles. The Hall–Kier alpha value is -2.19. The van der Waals surface area contributed by atoms with Crippen molar-refractivity contribution >= 4 is 21.5 Å². The molecule has 0 atom stereocenters. The van der Waals surface area contributed by atoms with Crippen molar-refractivity contribution in [1.82, 2.24) is 4.98 Å². The van der Waals surface area contributed by atoms with Gasteiger partial charge in [0, 0.05) is 20.3 Å². The summed E-state index contributed by atoms with van der Waals surface area (Å²) in [5.41, 5.74) is 1.12. The Morgan fingerprint density at radius 2 is 2.04 bits per heavy atom. The van der Waals surface area contributed by atoms with Crippen LogP contribution in [0.1, 0.15) is 12.0 Å². The molecule has 6 nitrogen and oxygen atoms in total. The maximum absolute atomic E-state index is 13.1. The fourth-order valence-electron chi connectivity index (χ4n) is 2.12. The maximum atomic E-state index is 13.1. The lowest BCUT2D eigenvalue weighted by Gasteiger charge is -2.11. The van der Waals surface area contributed by atoms with Crippen LogP contribution >= 0.6 is 0 Å². The zero-order chi connectivity index (χ0) is 17.6. The molecule has 8 heteroatoms. The van der Waals surface area contributed by atoms with E-state index in [-0.39, 0.29) is 10.7 Å². The lowest BCUT2D eigenvalue weighted by Crippen LogP contribution is -2.15. The van der Waals surface area contributed by atoms with Crippen LogP contribution in [0, 0.1) is 12.7 Å². The van der Waals surface area contributed by atoms with Gasteiger partial charge in [-0.1, -0.05) is 0 Å². The van der Waals surface area contributed by atoms with Gasteiger partial charge in [0.15, 0.2) is 0 Å². The Kier molecular flexibility index (Phi) is 6.10. The number of ether oxygens (including phenoxy) is 1. The van der Waals surface area contributed by atoms with Crippen LogP contribution in [0.5, 0.6) is 0 Å². The van der Waals surface area contributed by atoms with Crippen molar-refractivity contribution in [3.8, 4) is 0 Å². The molecule has 130 valence electrons. The number of sulfonamides is 1. The Bertz CT molecular complexity index is 780. The molecule has 2 aromatic rings. The highest BCUT2D eigenvalue weighted by Crippen LogP contribution is 2.19. The van der Waals surface area contributed by atoms with E-state index in [0.717, 1.165) is 24.7 Å². The molecule has 1 aromatic carbocycles. The number of nitrogens with one attached hydrogen (secondary N) is 2. The van der Waals surface area contributed by atoms with Gasteiger partial charge in [0.1, 0.15) is 11.6 Å². The van der Waals surface area contributed by atoms with Crippen LogP contribution in [-0.4, -0.2) is 33.7 Å². The van der Waals surface area contributed by atoms with Crippen molar-refractivity contribution < 1.29 is 17.5 Å². The molecule has 0 saturated heterocycles. The minimum Gasteiger partial charge on any atom is -0.385 e. The van der Waals surface area contributed by atoms with Crippen molar-refractivity contribution in [3.05, 3.63) is 47.9 Å². The van der Waals surface area contributed by atoms with Crippen LogP contribution in [0.3, 0.4) is 0 Å². The second-order valence-electron chi connectivity index (χ2n) is 5.22. The molecule has 0 radical (unpaired) electrons. The van der Waals surface area contributed by atoms with Gasteiger partial charge in [-0.15, -0.1) is 0 Å². The third kappa shape index (κ3) is 4.90.